The lowest BCUT2D eigenvalue weighted by Gasteiger charge is -2.20. The van der Waals surface area contributed by atoms with Crippen molar-refractivity contribution in [2.75, 3.05) is 30.0 Å². The largest absolute Gasteiger partial charge is 0.463 e. The average Bonchev–Trinajstić information content (AvgIpc) is 2.75. The van der Waals surface area contributed by atoms with Gasteiger partial charge in [-0.2, -0.15) is 15.1 Å². The predicted octanol–water partition coefficient (Wildman–Crippen LogP) is 4.09. The molecule has 3 rings (SSSR count). The normalized spacial score (nSPS) is 10.9. The van der Waals surface area contributed by atoms with Gasteiger partial charge in [0, 0.05) is 37.5 Å². The Morgan fingerprint density at radius 2 is 1.93 bits per heavy atom. The van der Waals surface area contributed by atoms with Crippen LogP contribution in [-0.4, -0.2) is 40.9 Å². The molecule has 0 saturated carbocycles. The molecule has 0 bridgehead atoms. The summed E-state index contributed by atoms with van der Waals surface area (Å²) in [6.45, 7) is 8.37. The Kier molecular flexibility index (Phi) is 7.71. The second-order valence-electron chi connectivity index (χ2n) is 6.77. The highest BCUT2D eigenvalue weighted by Gasteiger charge is 2.10. The molecule has 2 aromatic heterocycles. The lowest BCUT2D eigenvalue weighted by Crippen LogP contribution is -2.23. The summed E-state index contributed by atoms with van der Waals surface area (Å²) in [6.07, 6.45) is 4.24. The number of anilines is 2. The summed E-state index contributed by atoms with van der Waals surface area (Å²) in [4.78, 5) is 15.5. The molecule has 0 aliphatic rings. The minimum absolute atomic E-state index is 0.323. The maximum absolute atomic E-state index is 5.83. The second kappa shape index (κ2) is 10.9. The van der Waals surface area contributed by atoms with E-state index < -0.39 is 0 Å². The smallest absolute Gasteiger partial charge is 0.320 e. The lowest BCUT2D eigenvalue weighted by molar-refractivity contribution is 0.295. The summed E-state index contributed by atoms with van der Waals surface area (Å²) >= 11 is 0. The molecular weight excluding hydrogens is 376 g/mol. The van der Waals surface area contributed by atoms with Crippen molar-refractivity contribution in [1.29, 1.82) is 0 Å². The predicted molar refractivity (Wildman–Crippen MR) is 121 cm³/mol. The van der Waals surface area contributed by atoms with Gasteiger partial charge >= 0.3 is 6.01 Å². The van der Waals surface area contributed by atoms with E-state index in [4.69, 9.17) is 4.74 Å². The molecular formula is C23H28N6O. The maximum atomic E-state index is 5.83. The van der Waals surface area contributed by atoms with Crippen molar-refractivity contribution in [3.8, 4) is 6.01 Å². The van der Waals surface area contributed by atoms with E-state index in [2.05, 4.69) is 63.3 Å². The first-order chi connectivity index (χ1) is 14.7. The maximum Gasteiger partial charge on any atom is 0.320 e. The molecule has 0 radical (unpaired) electrons. The zero-order chi connectivity index (χ0) is 21.2. The van der Waals surface area contributed by atoms with Crippen LogP contribution in [0.2, 0.25) is 0 Å². The molecule has 30 heavy (non-hydrogen) atoms. The van der Waals surface area contributed by atoms with Crippen LogP contribution in [0, 0.1) is 6.92 Å². The zero-order valence-corrected chi connectivity index (χ0v) is 17.7. The van der Waals surface area contributed by atoms with Gasteiger partial charge in [-0.1, -0.05) is 35.9 Å². The van der Waals surface area contributed by atoms with Crippen LogP contribution in [-0.2, 0) is 6.42 Å². The summed E-state index contributed by atoms with van der Waals surface area (Å²) in [5.41, 5.74) is 6.18. The number of aromatic nitrogens is 3. The Balaban J connectivity index is 1.72. The third kappa shape index (κ3) is 6.27. The van der Waals surface area contributed by atoms with Gasteiger partial charge in [0.1, 0.15) is 5.82 Å². The fourth-order valence-electron chi connectivity index (χ4n) is 2.96. The molecule has 0 saturated heterocycles. The van der Waals surface area contributed by atoms with Crippen molar-refractivity contribution < 1.29 is 4.74 Å². The van der Waals surface area contributed by atoms with Gasteiger partial charge in [-0.25, -0.2) is 0 Å². The van der Waals surface area contributed by atoms with Crippen LogP contribution in [0.3, 0.4) is 0 Å². The fourth-order valence-corrected chi connectivity index (χ4v) is 2.96. The highest BCUT2D eigenvalue weighted by atomic mass is 16.5. The highest BCUT2D eigenvalue weighted by molar-refractivity contribution is 5.80. The monoisotopic (exact) mass is 404 g/mol. The first-order valence-corrected chi connectivity index (χ1v) is 10.2. The van der Waals surface area contributed by atoms with Gasteiger partial charge in [0.05, 0.1) is 12.8 Å². The number of hydrazone groups is 1. The number of rotatable bonds is 10. The van der Waals surface area contributed by atoms with Crippen LogP contribution >= 0.6 is 0 Å². The topological polar surface area (TPSA) is 75.5 Å². The van der Waals surface area contributed by atoms with Gasteiger partial charge in [-0.3, -0.25) is 10.4 Å². The third-order valence-corrected chi connectivity index (χ3v) is 4.53. The molecule has 1 aromatic carbocycles. The first-order valence-electron chi connectivity index (χ1n) is 10.2. The van der Waals surface area contributed by atoms with Gasteiger partial charge in [-0.15, -0.1) is 0 Å². The molecule has 0 atom stereocenters. The van der Waals surface area contributed by atoms with Gasteiger partial charge in [0.2, 0.25) is 0 Å². The van der Waals surface area contributed by atoms with E-state index in [1.165, 1.54) is 5.56 Å². The Labute approximate surface area is 177 Å². The third-order valence-electron chi connectivity index (χ3n) is 4.53. The lowest BCUT2D eigenvalue weighted by atomic mass is 10.2. The number of hydrogen-bond donors (Lipinski definition) is 1. The average molecular weight is 405 g/mol. The van der Waals surface area contributed by atoms with Crippen LogP contribution in [0.5, 0.6) is 6.01 Å². The SMILES string of the molecule is CCN(CC)c1cc(NN=Cc2cccc(C)c2)nc(OCCc2ccccn2)n1. The molecule has 0 amide bonds. The molecule has 0 spiro atoms. The van der Waals surface area contributed by atoms with Crippen LogP contribution in [0.25, 0.3) is 0 Å². The molecule has 156 valence electrons. The number of hydrogen-bond acceptors (Lipinski definition) is 7. The van der Waals surface area contributed by atoms with Crippen molar-refractivity contribution in [1.82, 2.24) is 15.0 Å². The van der Waals surface area contributed by atoms with E-state index in [9.17, 15) is 0 Å². The van der Waals surface area contributed by atoms with Crippen LogP contribution in [0.1, 0.15) is 30.7 Å². The van der Waals surface area contributed by atoms with Gasteiger partial charge in [-0.05, 0) is 38.5 Å². The molecule has 0 aliphatic carbocycles. The quantitative estimate of drug-likeness (QED) is 0.405. The van der Waals surface area contributed by atoms with E-state index in [0.717, 1.165) is 30.2 Å². The molecule has 1 N–H and O–H groups in total. The fraction of sp³-hybridized carbons (Fsp3) is 0.304. The summed E-state index contributed by atoms with van der Waals surface area (Å²) in [5, 5.41) is 4.32. The second-order valence-corrected chi connectivity index (χ2v) is 6.77. The molecule has 0 unspecified atom stereocenters. The van der Waals surface area contributed by atoms with Crippen molar-refractivity contribution in [3.63, 3.8) is 0 Å². The Bertz CT molecular complexity index is 957. The standard InChI is InChI=1S/C23H28N6O/c1-4-29(5-2)22-16-21(28-25-17-19-10-8-9-18(3)15-19)26-23(27-22)30-14-12-20-11-6-7-13-24-20/h6-11,13,15-17H,4-5,12,14H2,1-3H3,(H,26,27,28). The van der Waals surface area contributed by atoms with Crippen LogP contribution < -0.4 is 15.1 Å². The number of benzene rings is 1. The van der Waals surface area contributed by atoms with E-state index in [1.807, 2.05) is 36.4 Å². The molecule has 3 aromatic rings. The number of nitrogens with zero attached hydrogens (tertiary/aromatic N) is 5. The van der Waals surface area contributed by atoms with E-state index in [1.54, 1.807) is 12.4 Å². The Morgan fingerprint density at radius 1 is 1.07 bits per heavy atom. The van der Waals surface area contributed by atoms with Crippen LogP contribution in [0.4, 0.5) is 11.6 Å². The number of nitrogens with one attached hydrogen (secondary N) is 1. The number of pyridine rings is 1. The van der Waals surface area contributed by atoms with E-state index in [-0.39, 0.29) is 0 Å². The number of aryl methyl sites for hydroxylation is 1. The van der Waals surface area contributed by atoms with Gasteiger partial charge < -0.3 is 9.64 Å². The Hall–Kier alpha value is -3.48. The summed E-state index contributed by atoms with van der Waals surface area (Å²) in [6, 6.07) is 16.2. The molecule has 0 fully saturated rings. The number of ether oxygens (including phenoxy) is 1. The molecule has 0 aliphatic heterocycles. The summed E-state index contributed by atoms with van der Waals surface area (Å²) in [5.74, 6) is 1.39. The molecule has 7 nitrogen and oxygen atoms in total. The minimum atomic E-state index is 0.323. The van der Waals surface area contributed by atoms with Crippen molar-refractivity contribution in [3.05, 3.63) is 71.5 Å². The van der Waals surface area contributed by atoms with E-state index in [0.29, 0.717) is 24.9 Å². The first kappa shape index (κ1) is 21.2. The van der Waals surface area contributed by atoms with E-state index >= 15 is 0 Å². The molecule has 2 heterocycles. The Morgan fingerprint density at radius 3 is 2.67 bits per heavy atom. The van der Waals surface area contributed by atoms with Crippen molar-refractivity contribution >= 4 is 17.9 Å². The minimum Gasteiger partial charge on any atom is -0.463 e. The van der Waals surface area contributed by atoms with Crippen LogP contribution in [0.15, 0.2) is 59.8 Å². The summed E-state index contributed by atoms with van der Waals surface area (Å²) < 4.78 is 5.83. The van der Waals surface area contributed by atoms with Gasteiger partial charge in [0.15, 0.2) is 5.82 Å². The summed E-state index contributed by atoms with van der Waals surface area (Å²) in [7, 11) is 0. The van der Waals surface area contributed by atoms with Crippen molar-refractivity contribution in [2.45, 2.75) is 27.2 Å². The molecule has 7 heteroatoms. The zero-order valence-electron chi connectivity index (χ0n) is 17.7. The van der Waals surface area contributed by atoms with Gasteiger partial charge in [0.25, 0.3) is 0 Å². The van der Waals surface area contributed by atoms with Crippen molar-refractivity contribution in [2.24, 2.45) is 5.10 Å². The highest BCUT2D eigenvalue weighted by Crippen LogP contribution is 2.19.